The second kappa shape index (κ2) is 11.0. The summed E-state index contributed by atoms with van der Waals surface area (Å²) in [5, 5.41) is 0. The smallest absolute Gasteiger partial charge is 0.257 e. The number of likely N-dealkylation sites (tertiary alicyclic amines) is 2. The van der Waals surface area contributed by atoms with E-state index < -0.39 is 0 Å². The van der Waals surface area contributed by atoms with E-state index in [2.05, 4.69) is 46.2 Å². The van der Waals surface area contributed by atoms with Gasteiger partial charge in [-0.15, -0.1) is 0 Å². The lowest BCUT2D eigenvalue weighted by Gasteiger charge is -2.40. The van der Waals surface area contributed by atoms with Gasteiger partial charge in [0.05, 0.1) is 11.3 Å². The van der Waals surface area contributed by atoms with Crippen molar-refractivity contribution in [1.29, 1.82) is 0 Å². The summed E-state index contributed by atoms with van der Waals surface area (Å²) in [6, 6.07) is 25.1. The molecule has 35 heavy (non-hydrogen) atoms. The number of hydrogen-bond donors (Lipinski definition) is 0. The topological polar surface area (TPSA) is 39.7 Å². The largest absolute Gasteiger partial charge is 0.355 e. The molecule has 0 unspecified atom stereocenters. The summed E-state index contributed by atoms with van der Waals surface area (Å²) in [6.45, 7) is 4.78. The molecule has 5 heteroatoms. The summed E-state index contributed by atoms with van der Waals surface area (Å²) in [6.07, 6.45) is 6.12. The first kappa shape index (κ1) is 23.6. The van der Waals surface area contributed by atoms with Gasteiger partial charge in [-0.1, -0.05) is 67.1 Å². The van der Waals surface area contributed by atoms with Crippen molar-refractivity contribution >= 4 is 11.7 Å². The van der Waals surface area contributed by atoms with Crippen LogP contribution >= 0.6 is 0 Å². The van der Waals surface area contributed by atoms with Crippen LogP contribution in [0, 0.1) is 0 Å². The number of aromatic nitrogens is 1. The number of pyridine rings is 1. The van der Waals surface area contributed by atoms with E-state index in [1.807, 2.05) is 48.3 Å². The summed E-state index contributed by atoms with van der Waals surface area (Å²) in [5.74, 6) is 0.850. The van der Waals surface area contributed by atoms with Gasteiger partial charge in [-0.05, 0) is 56.5 Å². The zero-order chi connectivity index (χ0) is 24.0. The second-order valence-electron chi connectivity index (χ2n) is 9.90. The van der Waals surface area contributed by atoms with E-state index in [0.29, 0.717) is 18.2 Å². The fourth-order valence-electron chi connectivity index (χ4n) is 5.50. The van der Waals surface area contributed by atoms with Gasteiger partial charge in [-0.3, -0.25) is 4.79 Å². The van der Waals surface area contributed by atoms with Crippen molar-refractivity contribution in [3.63, 3.8) is 0 Å². The molecular weight excluding hydrogens is 432 g/mol. The van der Waals surface area contributed by atoms with Gasteiger partial charge in [0.25, 0.3) is 5.91 Å². The van der Waals surface area contributed by atoms with Crippen LogP contribution in [-0.4, -0.2) is 60.0 Å². The maximum atomic E-state index is 13.8. The fourth-order valence-corrected chi connectivity index (χ4v) is 5.50. The Balaban J connectivity index is 1.37. The summed E-state index contributed by atoms with van der Waals surface area (Å²) < 4.78 is 0. The van der Waals surface area contributed by atoms with E-state index in [-0.39, 0.29) is 5.91 Å². The standard InChI is InChI=1S/C30H36N4O/c1-32(23-24-11-5-2-6-12-24)29-27(15-16-28(31-29)25-13-7-3-8-14-25)30(35)34-21-17-26(18-22-34)33-19-9-4-10-20-33/h2-3,5-8,11-16,26H,4,9-10,17-23H2,1H3. The number of nitrogens with zero attached hydrogens (tertiary/aromatic N) is 4. The lowest BCUT2D eigenvalue weighted by molar-refractivity contribution is 0.0590. The minimum Gasteiger partial charge on any atom is -0.355 e. The first-order chi connectivity index (χ1) is 17.2. The van der Waals surface area contributed by atoms with Crippen molar-refractivity contribution in [1.82, 2.24) is 14.8 Å². The molecule has 0 bridgehead atoms. The third-order valence-corrected chi connectivity index (χ3v) is 7.46. The molecule has 3 aromatic rings. The van der Waals surface area contributed by atoms with Crippen LogP contribution in [0.15, 0.2) is 72.8 Å². The number of rotatable bonds is 6. The third-order valence-electron chi connectivity index (χ3n) is 7.46. The molecule has 5 rings (SSSR count). The van der Waals surface area contributed by atoms with Crippen molar-refractivity contribution in [2.75, 3.05) is 38.1 Å². The Morgan fingerprint density at radius 2 is 1.51 bits per heavy atom. The van der Waals surface area contributed by atoms with Crippen LogP contribution in [0.1, 0.15) is 48.0 Å². The lowest BCUT2D eigenvalue weighted by Crippen LogP contribution is -2.48. The van der Waals surface area contributed by atoms with Gasteiger partial charge < -0.3 is 14.7 Å². The summed E-state index contributed by atoms with van der Waals surface area (Å²) in [4.78, 5) is 25.6. The van der Waals surface area contributed by atoms with Crippen LogP contribution in [0.5, 0.6) is 0 Å². The Hall–Kier alpha value is -3.18. The highest BCUT2D eigenvalue weighted by atomic mass is 16.2. The van der Waals surface area contributed by atoms with Gasteiger partial charge in [-0.2, -0.15) is 0 Å². The molecule has 2 aliphatic rings. The molecule has 2 saturated heterocycles. The number of piperidine rings is 2. The zero-order valence-electron chi connectivity index (χ0n) is 20.8. The Morgan fingerprint density at radius 3 is 2.20 bits per heavy atom. The van der Waals surface area contributed by atoms with Gasteiger partial charge in [0, 0.05) is 38.3 Å². The van der Waals surface area contributed by atoms with Crippen molar-refractivity contribution in [3.05, 3.63) is 83.9 Å². The number of anilines is 1. The molecule has 2 aliphatic heterocycles. The SMILES string of the molecule is CN(Cc1ccccc1)c1nc(-c2ccccc2)ccc1C(=O)N1CCC(N2CCCCC2)CC1. The van der Waals surface area contributed by atoms with Crippen LogP contribution in [0.25, 0.3) is 11.3 Å². The van der Waals surface area contributed by atoms with Gasteiger partial charge in [-0.25, -0.2) is 4.98 Å². The molecule has 0 aliphatic carbocycles. The van der Waals surface area contributed by atoms with Crippen molar-refractivity contribution < 1.29 is 4.79 Å². The van der Waals surface area contributed by atoms with E-state index in [1.54, 1.807) is 0 Å². The predicted octanol–water partition coefficient (Wildman–Crippen LogP) is 5.48. The Morgan fingerprint density at radius 1 is 0.857 bits per heavy atom. The van der Waals surface area contributed by atoms with E-state index in [0.717, 1.165) is 43.0 Å². The molecule has 0 saturated carbocycles. The number of benzene rings is 2. The Bertz CT molecular complexity index is 1100. The molecular formula is C30H36N4O. The lowest BCUT2D eigenvalue weighted by atomic mass is 9.99. The zero-order valence-corrected chi connectivity index (χ0v) is 20.8. The fraction of sp³-hybridized carbons (Fsp3) is 0.400. The molecule has 1 aromatic heterocycles. The van der Waals surface area contributed by atoms with Crippen molar-refractivity contribution in [2.45, 2.75) is 44.7 Å². The number of hydrogen-bond acceptors (Lipinski definition) is 4. The summed E-state index contributed by atoms with van der Waals surface area (Å²) in [5.41, 5.74) is 3.84. The second-order valence-corrected chi connectivity index (χ2v) is 9.90. The van der Waals surface area contributed by atoms with Gasteiger partial charge in [0.2, 0.25) is 0 Å². The van der Waals surface area contributed by atoms with E-state index in [4.69, 9.17) is 4.98 Å². The maximum Gasteiger partial charge on any atom is 0.257 e. The summed E-state index contributed by atoms with van der Waals surface area (Å²) in [7, 11) is 2.03. The molecule has 2 aromatic carbocycles. The molecule has 2 fully saturated rings. The van der Waals surface area contributed by atoms with Crippen molar-refractivity contribution in [2.24, 2.45) is 0 Å². The number of carbonyl (C=O) groups is 1. The highest BCUT2D eigenvalue weighted by Crippen LogP contribution is 2.28. The predicted molar refractivity (Wildman–Crippen MR) is 143 cm³/mol. The van der Waals surface area contributed by atoms with E-state index >= 15 is 0 Å². The van der Waals surface area contributed by atoms with Crippen LogP contribution in [-0.2, 0) is 6.54 Å². The summed E-state index contributed by atoms with van der Waals surface area (Å²) >= 11 is 0. The first-order valence-corrected chi connectivity index (χ1v) is 13.0. The highest BCUT2D eigenvalue weighted by molar-refractivity contribution is 5.99. The minimum absolute atomic E-state index is 0.101. The first-order valence-electron chi connectivity index (χ1n) is 13.0. The van der Waals surface area contributed by atoms with Gasteiger partial charge in [0.1, 0.15) is 5.82 Å². The Labute approximate surface area is 209 Å². The normalized spacial score (nSPS) is 17.3. The van der Waals surface area contributed by atoms with E-state index in [9.17, 15) is 4.79 Å². The average molecular weight is 469 g/mol. The quantitative estimate of drug-likeness (QED) is 0.481. The molecule has 3 heterocycles. The van der Waals surface area contributed by atoms with Crippen LogP contribution in [0.4, 0.5) is 5.82 Å². The Kier molecular flexibility index (Phi) is 7.43. The van der Waals surface area contributed by atoms with Crippen LogP contribution in [0.3, 0.4) is 0 Å². The molecule has 0 spiro atoms. The maximum absolute atomic E-state index is 13.8. The van der Waals surface area contributed by atoms with Crippen molar-refractivity contribution in [3.8, 4) is 11.3 Å². The number of amides is 1. The molecule has 0 radical (unpaired) electrons. The van der Waals surface area contributed by atoms with Crippen LogP contribution < -0.4 is 4.90 Å². The molecule has 182 valence electrons. The van der Waals surface area contributed by atoms with Gasteiger partial charge >= 0.3 is 0 Å². The highest BCUT2D eigenvalue weighted by Gasteiger charge is 2.29. The molecule has 1 amide bonds. The molecule has 0 atom stereocenters. The van der Waals surface area contributed by atoms with Gasteiger partial charge in [0.15, 0.2) is 0 Å². The minimum atomic E-state index is 0.101. The van der Waals surface area contributed by atoms with Crippen LogP contribution in [0.2, 0.25) is 0 Å². The third kappa shape index (κ3) is 5.57. The molecule has 0 N–H and O–H groups in total. The average Bonchev–Trinajstić information content (AvgIpc) is 2.94. The van der Waals surface area contributed by atoms with E-state index in [1.165, 1.54) is 37.9 Å². The monoisotopic (exact) mass is 468 g/mol. The molecule has 5 nitrogen and oxygen atoms in total. The number of carbonyl (C=O) groups excluding carboxylic acids is 1.